The lowest BCUT2D eigenvalue weighted by atomic mass is 9.95. The van der Waals surface area contributed by atoms with Crippen molar-refractivity contribution in [2.75, 3.05) is 5.32 Å². The number of thioether (sulfide) groups is 1. The Bertz CT molecular complexity index is 1250. The van der Waals surface area contributed by atoms with Crippen LogP contribution in [0.1, 0.15) is 26.4 Å². The molecule has 146 valence electrons. The van der Waals surface area contributed by atoms with E-state index in [4.69, 9.17) is 13.0 Å². The molecule has 2 heterocycles. The normalized spacial score (nSPS) is 10.8. The molecule has 0 spiro atoms. The summed E-state index contributed by atoms with van der Waals surface area (Å²) >= 11 is 1.59. The van der Waals surface area contributed by atoms with Crippen molar-refractivity contribution in [1.29, 1.82) is 0 Å². The number of carbonyl (C=O) groups is 2. The summed E-state index contributed by atoms with van der Waals surface area (Å²) in [5, 5.41) is 18.8. The van der Waals surface area contributed by atoms with E-state index in [1.54, 1.807) is 30.1 Å². The average molecular weight is 414 g/mol. The third-order valence-corrected chi connectivity index (χ3v) is 5.59. The first-order chi connectivity index (χ1) is 14.5. The number of carboxylic acids is 1. The third kappa shape index (κ3) is 3.92. The number of fused-ring (bicyclic) bond motifs is 1. The minimum Gasteiger partial charge on any atom is -0.477 e. The fourth-order valence-corrected chi connectivity index (χ4v) is 4.04. The minimum absolute atomic E-state index is 0.0156. The van der Waals surface area contributed by atoms with Crippen LogP contribution in [0.4, 0.5) is 5.82 Å². The molecule has 0 aliphatic carbocycles. The van der Waals surface area contributed by atoms with Gasteiger partial charge in [0.15, 0.2) is 0 Å². The molecular weight excluding hydrogens is 399 g/mol. The van der Waals surface area contributed by atoms with Crippen LogP contribution in [-0.4, -0.2) is 40.0 Å². The third-order valence-electron chi connectivity index (χ3n) is 4.49. The molecule has 0 bridgehead atoms. The van der Waals surface area contributed by atoms with Gasteiger partial charge < -0.3 is 10.4 Å². The number of H-pyrrole nitrogens is 1. The summed E-state index contributed by atoms with van der Waals surface area (Å²) in [6.45, 7) is 0. The predicted octanol–water partition coefficient (Wildman–Crippen LogP) is 2.99. The van der Waals surface area contributed by atoms with E-state index >= 15 is 0 Å². The van der Waals surface area contributed by atoms with Gasteiger partial charge in [0.1, 0.15) is 19.4 Å². The topological polar surface area (TPSA) is 108 Å². The number of rotatable bonds is 6. The molecule has 0 saturated heterocycles. The molecule has 0 fully saturated rings. The summed E-state index contributed by atoms with van der Waals surface area (Å²) < 4.78 is 0. The van der Waals surface area contributed by atoms with Crippen LogP contribution in [0.15, 0.2) is 65.7 Å². The second kappa shape index (κ2) is 8.42. The molecule has 2 radical (unpaired) electrons. The van der Waals surface area contributed by atoms with Gasteiger partial charge in [-0.05, 0) is 29.2 Å². The zero-order valence-corrected chi connectivity index (χ0v) is 16.4. The number of para-hydroxylation sites is 1. The van der Waals surface area contributed by atoms with Crippen LogP contribution < -0.4 is 10.8 Å². The Morgan fingerprint density at radius 1 is 1.10 bits per heavy atom. The van der Waals surface area contributed by atoms with Crippen LogP contribution in [0.2, 0.25) is 0 Å². The number of benzene rings is 2. The summed E-state index contributed by atoms with van der Waals surface area (Å²) in [5.41, 5.74) is 1.80. The van der Waals surface area contributed by atoms with E-state index < -0.39 is 11.9 Å². The van der Waals surface area contributed by atoms with Crippen molar-refractivity contribution < 1.29 is 14.7 Å². The molecule has 2 aromatic carbocycles. The number of hydrogen-bond acceptors (Lipinski definition) is 5. The molecule has 0 unspecified atom stereocenters. The van der Waals surface area contributed by atoms with Crippen LogP contribution in [0.5, 0.6) is 0 Å². The molecule has 4 rings (SSSR count). The molecule has 30 heavy (non-hydrogen) atoms. The van der Waals surface area contributed by atoms with E-state index in [2.05, 4.69) is 20.5 Å². The van der Waals surface area contributed by atoms with Gasteiger partial charge in [-0.3, -0.25) is 14.9 Å². The summed E-state index contributed by atoms with van der Waals surface area (Å²) in [7, 11) is 5.76. The van der Waals surface area contributed by atoms with Crippen molar-refractivity contribution in [2.24, 2.45) is 0 Å². The van der Waals surface area contributed by atoms with E-state index in [1.165, 1.54) is 0 Å². The minimum atomic E-state index is -1.25. The summed E-state index contributed by atoms with van der Waals surface area (Å²) in [4.78, 5) is 29.4. The number of anilines is 1. The van der Waals surface area contributed by atoms with E-state index in [9.17, 15) is 9.59 Å². The highest BCUT2D eigenvalue weighted by molar-refractivity contribution is 7.98. The molecule has 9 heteroatoms. The molecule has 3 N–H and O–H groups in total. The first-order valence-corrected chi connectivity index (χ1v) is 9.96. The maximum absolute atomic E-state index is 12.8. The van der Waals surface area contributed by atoms with Gasteiger partial charge in [-0.1, -0.05) is 36.4 Å². The van der Waals surface area contributed by atoms with Crippen molar-refractivity contribution >= 4 is 53.7 Å². The molecule has 2 aromatic heterocycles. The molecule has 1 amide bonds. The molecule has 0 atom stereocenters. The summed E-state index contributed by atoms with van der Waals surface area (Å²) in [6.07, 6.45) is 1.76. The lowest BCUT2D eigenvalue weighted by Crippen LogP contribution is -2.21. The molecular formula is C21H15BN4O3S. The summed E-state index contributed by atoms with van der Waals surface area (Å²) in [5.74, 6) is -1.13. The van der Waals surface area contributed by atoms with E-state index in [0.717, 1.165) is 21.4 Å². The lowest BCUT2D eigenvalue weighted by Gasteiger charge is -2.10. The highest BCUT2D eigenvalue weighted by atomic mass is 32.2. The van der Waals surface area contributed by atoms with Crippen molar-refractivity contribution in [3.8, 4) is 0 Å². The summed E-state index contributed by atoms with van der Waals surface area (Å²) in [6, 6.07) is 17.1. The Kier molecular flexibility index (Phi) is 5.54. The van der Waals surface area contributed by atoms with Crippen molar-refractivity contribution in [1.82, 2.24) is 15.2 Å². The SMILES string of the molecule is [B]c1c(NC(=O)c2ccccc2CSc2cccc3cccnc23)n[nH]c1C(=O)O. The maximum Gasteiger partial charge on any atom is 0.353 e. The van der Waals surface area contributed by atoms with Crippen LogP contribution >= 0.6 is 11.8 Å². The first kappa shape index (κ1) is 19.7. The molecule has 0 aliphatic heterocycles. The molecule has 0 aliphatic rings. The van der Waals surface area contributed by atoms with Crippen molar-refractivity contribution in [2.45, 2.75) is 10.6 Å². The smallest absolute Gasteiger partial charge is 0.353 e. The average Bonchev–Trinajstić information content (AvgIpc) is 3.12. The quantitative estimate of drug-likeness (QED) is 0.331. The zero-order chi connectivity index (χ0) is 21.1. The first-order valence-electron chi connectivity index (χ1n) is 8.97. The van der Waals surface area contributed by atoms with Gasteiger partial charge in [0, 0.05) is 27.8 Å². The number of carboxylic acid groups (broad SMARTS) is 1. The zero-order valence-electron chi connectivity index (χ0n) is 15.6. The van der Waals surface area contributed by atoms with Gasteiger partial charge in [0.25, 0.3) is 5.91 Å². The Morgan fingerprint density at radius 3 is 2.70 bits per heavy atom. The number of carbonyl (C=O) groups excluding carboxylic acids is 1. The van der Waals surface area contributed by atoms with Crippen molar-refractivity contribution in [3.05, 3.63) is 77.6 Å². The van der Waals surface area contributed by atoms with Gasteiger partial charge in [0.2, 0.25) is 0 Å². The predicted molar refractivity (Wildman–Crippen MR) is 117 cm³/mol. The fraction of sp³-hybridized carbons (Fsp3) is 0.0476. The second-order valence-electron chi connectivity index (χ2n) is 6.40. The number of amides is 1. The van der Waals surface area contributed by atoms with Crippen LogP contribution in [0, 0.1) is 0 Å². The van der Waals surface area contributed by atoms with E-state index in [-0.39, 0.29) is 17.0 Å². The molecule has 4 aromatic rings. The van der Waals surface area contributed by atoms with E-state index in [0.29, 0.717) is 11.3 Å². The standard InChI is InChI=1S/C21H15BN4O3S/c22-16-18(21(28)29)25-26-19(16)24-20(27)14-8-2-1-5-13(14)11-30-15-9-3-6-12-7-4-10-23-17(12)15/h1-10H,11H2,(H,28,29)(H2,24,25,26,27). The number of aromatic carboxylic acids is 1. The Labute approximate surface area is 177 Å². The van der Waals surface area contributed by atoms with Gasteiger partial charge >= 0.3 is 5.97 Å². The lowest BCUT2D eigenvalue weighted by molar-refractivity contribution is 0.0691. The number of aromatic nitrogens is 3. The maximum atomic E-state index is 12.8. The van der Waals surface area contributed by atoms with Crippen LogP contribution in [0.25, 0.3) is 10.9 Å². The Hall–Kier alpha value is -3.59. The fourth-order valence-electron chi connectivity index (χ4n) is 3.00. The van der Waals surface area contributed by atoms with Gasteiger partial charge in [-0.15, -0.1) is 11.8 Å². The highest BCUT2D eigenvalue weighted by Crippen LogP contribution is 2.30. The second-order valence-corrected chi connectivity index (χ2v) is 7.41. The monoisotopic (exact) mass is 414 g/mol. The van der Waals surface area contributed by atoms with Gasteiger partial charge in [-0.25, -0.2) is 4.79 Å². The largest absolute Gasteiger partial charge is 0.477 e. The highest BCUT2D eigenvalue weighted by Gasteiger charge is 2.18. The number of pyridine rings is 1. The van der Waals surface area contributed by atoms with Crippen LogP contribution in [0.3, 0.4) is 0 Å². The molecule has 7 nitrogen and oxygen atoms in total. The Morgan fingerprint density at radius 2 is 1.90 bits per heavy atom. The number of nitrogens with one attached hydrogen (secondary N) is 2. The number of hydrogen-bond donors (Lipinski definition) is 3. The van der Waals surface area contributed by atoms with Gasteiger partial charge in [0.05, 0.1) is 5.52 Å². The number of nitrogens with zero attached hydrogens (tertiary/aromatic N) is 2. The molecule has 0 saturated carbocycles. The Balaban J connectivity index is 1.55. The van der Waals surface area contributed by atoms with Crippen molar-refractivity contribution in [3.63, 3.8) is 0 Å². The van der Waals surface area contributed by atoms with Gasteiger partial charge in [-0.2, -0.15) is 5.10 Å². The van der Waals surface area contributed by atoms with Crippen LogP contribution in [-0.2, 0) is 5.75 Å². The number of aromatic amines is 1. The van der Waals surface area contributed by atoms with E-state index in [1.807, 2.05) is 42.5 Å².